The van der Waals surface area contributed by atoms with E-state index in [0.29, 0.717) is 0 Å². The first kappa shape index (κ1) is 9.43. The van der Waals surface area contributed by atoms with E-state index in [-0.39, 0.29) is 5.92 Å². The summed E-state index contributed by atoms with van der Waals surface area (Å²) in [5.41, 5.74) is 0. The van der Waals surface area contributed by atoms with Crippen molar-refractivity contribution in [3.8, 4) is 0 Å². The fourth-order valence-electron chi connectivity index (χ4n) is 0.857. The summed E-state index contributed by atoms with van der Waals surface area (Å²) < 4.78 is 0. The largest absolute Gasteiger partial charge is 0.479 e. The molecule has 10 heavy (non-hydrogen) atoms. The van der Waals surface area contributed by atoms with Gasteiger partial charge in [-0.15, -0.1) is 0 Å². The van der Waals surface area contributed by atoms with Crippen molar-refractivity contribution in [2.75, 3.05) is 0 Å². The van der Waals surface area contributed by atoms with Crippen LogP contribution in [0.1, 0.15) is 26.7 Å². The number of hydrogen-bond acceptors (Lipinski definition) is 2. The number of hydrogen-bond donors (Lipinski definition) is 2. The van der Waals surface area contributed by atoms with Crippen LogP contribution < -0.4 is 0 Å². The molecular weight excluding hydrogens is 132 g/mol. The van der Waals surface area contributed by atoms with Gasteiger partial charge in [-0.2, -0.15) is 0 Å². The first-order chi connectivity index (χ1) is 4.59. The highest BCUT2D eigenvalue weighted by Gasteiger charge is 2.19. The second kappa shape index (κ2) is 4.28. The Bertz CT molecular complexity index is 111. The Kier molecular flexibility index (Phi) is 4.03. The Labute approximate surface area is 60.7 Å². The summed E-state index contributed by atoms with van der Waals surface area (Å²) in [5, 5.41) is 17.3. The standard InChI is InChI=1S/C7H14O3/c1-3-4-5(2)6(8)7(9)10/h5-6,8H,3-4H2,1-2H3,(H,9,10). The normalized spacial score (nSPS) is 16.3. The van der Waals surface area contributed by atoms with Crippen LogP contribution in [0.15, 0.2) is 0 Å². The fourth-order valence-corrected chi connectivity index (χ4v) is 0.857. The van der Waals surface area contributed by atoms with Gasteiger partial charge in [0, 0.05) is 0 Å². The van der Waals surface area contributed by atoms with Crippen LogP contribution in [0.5, 0.6) is 0 Å². The van der Waals surface area contributed by atoms with E-state index in [9.17, 15) is 4.79 Å². The minimum Gasteiger partial charge on any atom is -0.479 e. The molecular formula is C7H14O3. The number of rotatable bonds is 4. The molecule has 3 nitrogen and oxygen atoms in total. The summed E-state index contributed by atoms with van der Waals surface area (Å²) in [7, 11) is 0. The van der Waals surface area contributed by atoms with Crippen molar-refractivity contribution in [3.63, 3.8) is 0 Å². The molecule has 0 rings (SSSR count). The first-order valence-corrected chi connectivity index (χ1v) is 3.50. The zero-order valence-corrected chi connectivity index (χ0v) is 6.37. The van der Waals surface area contributed by atoms with Gasteiger partial charge in [0.05, 0.1) is 0 Å². The van der Waals surface area contributed by atoms with E-state index in [4.69, 9.17) is 10.2 Å². The molecule has 0 aliphatic heterocycles. The summed E-state index contributed by atoms with van der Waals surface area (Å²) in [6.45, 7) is 3.70. The molecule has 0 radical (unpaired) electrons. The molecule has 0 aliphatic rings. The van der Waals surface area contributed by atoms with Crippen molar-refractivity contribution in [1.82, 2.24) is 0 Å². The molecule has 3 heteroatoms. The van der Waals surface area contributed by atoms with Gasteiger partial charge in [0.15, 0.2) is 6.10 Å². The number of carboxylic acids is 1. The van der Waals surface area contributed by atoms with Crippen molar-refractivity contribution >= 4 is 5.97 Å². The Morgan fingerprint density at radius 1 is 1.60 bits per heavy atom. The van der Waals surface area contributed by atoms with Gasteiger partial charge >= 0.3 is 5.97 Å². The fraction of sp³-hybridized carbons (Fsp3) is 0.857. The van der Waals surface area contributed by atoms with Crippen LogP contribution in [-0.4, -0.2) is 22.3 Å². The predicted octanol–water partition coefficient (Wildman–Crippen LogP) is 0.868. The number of aliphatic hydroxyl groups excluding tert-OH is 1. The molecule has 0 saturated heterocycles. The molecule has 0 bridgehead atoms. The molecule has 0 heterocycles. The summed E-state index contributed by atoms with van der Waals surface area (Å²) in [6.07, 6.45) is 0.471. The van der Waals surface area contributed by atoms with Crippen LogP contribution in [0, 0.1) is 5.92 Å². The van der Waals surface area contributed by atoms with Gasteiger partial charge in [-0.3, -0.25) is 0 Å². The van der Waals surface area contributed by atoms with E-state index in [1.54, 1.807) is 6.92 Å². The second-order valence-corrected chi connectivity index (χ2v) is 2.55. The van der Waals surface area contributed by atoms with E-state index >= 15 is 0 Å². The number of carbonyl (C=O) groups is 1. The van der Waals surface area contributed by atoms with Crippen LogP contribution in [-0.2, 0) is 4.79 Å². The lowest BCUT2D eigenvalue weighted by Gasteiger charge is -2.12. The van der Waals surface area contributed by atoms with Gasteiger partial charge in [-0.25, -0.2) is 4.79 Å². The van der Waals surface area contributed by atoms with Crippen molar-refractivity contribution in [2.45, 2.75) is 32.8 Å². The van der Waals surface area contributed by atoms with Crippen LogP contribution >= 0.6 is 0 Å². The molecule has 0 aromatic rings. The third kappa shape index (κ3) is 2.82. The van der Waals surface area contributed by atoms with Crippen LogP contribution in [0.3, 0.4) is 0 Å². The van der Waals surface area contributed by atoms with Gasteiger partial charge in [0.2, 0.25) is 0 Å². The lowest BCUT2D eigenvalue weighted by Crippen LogP contribution is -2.27. The monoisotopic (exact) mass is 146 g/mol. The molecule has 0 spiro atoms. The van der Waals surface area contributed by atoms with E-state index in [1.165, 1.54) is 0 Å². The van der Waals surface area contributed by atoms with Gasteiger partial charge in [0.25, 0.3) is 0 Å². The highest BCUT2D eigenvalue weighted by Crippen LogP contribution is 2.09. The number of aliphatic carboxylic acids is 1. The maximum absolute atomic E-state index is 10.2. The van der Waals surface area contributed by atoms with Crippen LogP contribution in [0.25, 0.3) is 0 Å². The van der Waals surface area contributed by atoms with Crippen LogP contribution in [0.2, 0.25) is 0 Å². The quantitative estimate of drug-likeness (QED) is 0.618. The van der Waals surface area contributed by atoms with E-state index in [2.05, 4.69) is 0 Å². The lowest BCUT2D eigenvalue weighted by molar-refractivity contribution is -0.149. The van der Waals surface area contributed by atoms with Gasteiger partial charge < -0.3 is 10.2 Å². The summed E-state index contributed by atoms with van der Waals surface area (Å²) in [5.74, 6) is -1.26. The summed E-state index contributed by atoms with van der Waals surface area (Å²) in [6, 6.07) is 0. The van der Waals surface area contributed by atoms with E-state index in [0.717, 1.165) is 12.8 Å². The van der Waals surface area contributed by atoms with Gasteiger partial charge in [-0.05, 0) is 12.3 Å². The van der Waals surface area contributed by atoms with Crippen LogP contribution in [0.4, 0.5) is 0 Å². The Morgan fingerprint density at radius 3 is 2.40 bits per heavy atom. The van der Waals surface area contributed by atoms with Gasteiger partial charge in [0.1, 0.15) is 0 Å². The average molecular weight is 146 g/mol. The highest BCUT2D eigenvalue weighted by molar-refractivity contribution is 5.72. The molecule has 0 aromatic heterocycles. The molecule has 0 aromatic carbocycles. The van der Waals surface area contributed by atoms with Gasteiger partial charge in [-0.1, -0.05) is 20.3 Å². The smallest absolute Gasteiger partial charge is 0.332 e. The van der Waals surface area contributed by atoms with Crippen molar-refractivity contribution in [3.05, 3.63) is 0 Å². The first-order valence-electron chi connectivity index (χ1n) is 3.50. The highest BCUT2D eigenvalue weighted by atomic mass is 16.4. The van der Waals surface area contributed by atoms with E-state index in [1.807, 2.05) is 6.92 Å². The maximum Gasteiger partial charge on any atom is 0.332 e. The number of aliphatic hydroxyl groups is 1. The molecule has 2 unspecified atom stereocenters. The van der Waals surface area contributed by atoms with Crippen molar-refractivity contribution < 1.29 is 15.0 Å². The zero-order chi connectivity index (χ0) is 8.15. The molecule has 2 atom stereocenters. The second-order valence-electron chi connectivity index (χ2n) is 2.55. The molecule has 2 N–H and O–H groups in total. The minimum atomic E-state index is -1.19. The molecule has 0 amide bonds. The molecule has 0 saturated carbocycles. The molecule has 0 fully saturated rings. The summed E-state index contributed by atoms with van der Waals surface area (Å²) >= 11 is 0. The third-order valence-electron chi connectivity index (χ3n) is 1.54. The molecule has 0 aliphatic carbocycles. The average Bonchev–Trinajstić information content (AvgIpc) is 1.87. The van der Waals surface area contributed by atoms with Crippen molar-refractivity contribution in [2.24, 2.45) is 5.92 Å². The van der Waals surface area contributed by atoms with E-state index < -0.39 is 12.1 Å². The number of carboxylic acid groups (broad SMARTS) is 1. The Morgan fingerprint density at radius 2 is 2.10 bits per heavy atom. The van der Waals surface area contributed by atoms with Crippen molar-refractivity contribution in [1.29, 1.82) is 0 Å². The Balaban J connectivity index is 3.69. The zero-order valence-electron chi connectivity index (χ0n) is 6.37. The SMILES string of the molecule is CCCC(C)C(O)C(=O)O. The molecule has 60 valence electrons. The summed E-state index contributed by atoms with van der Waals surface area (Å²) in [4.78, 5) is 10.2. The maximum atomic E-state index is 10.2. The third-order valence-corrected chi connectivity index (χ3v) is 1.54. The minimum absolute atomic E-state index is 0.137. The predicted molar refractivity (Wildman–Crippen MR) is 37.7 cm³/mol. The topological polar surface area (TPSA) is 57.5 Å². The Hall–Kier alpha value is -0.570. The lowest BCUT2D eigenvalue weighted by atomic mass is 10.00.